The van der Waals surface area contributed by atoms with Gasteiger partial charge in [-0.2, -0.15) is 0 Å². The number of hydrogen-bond donors (Lipinski definition) is 2. The molecule has 0 amide bonds. The van der Waals surface area contributed by atoms with Crippen molar-refractivity contribution in [1.82, 2.24) is 4.72 Å². The highest BCUT2D eigenvalue weighted by Crippen LogP contribution is 2.16. The summed E-state index contributed by atoms with van der Waals surface area (Å²) in [5.74, 6) is -0.0809. The molecule has 3 N–H and O–H groups in total. The van der Waals surface area contributed by atoms with E-state index in [1.165, 1.54) is 0 Å². The highest BCUT2D eigenvalue weighted by atomic mass is 79.9. The first-order valence-corrected chi connectivity index (χ1v) is 8.46. The second-order valence-corrected chi connectivity index (χ2v) is 7.08. The Morgan fingerprint density at radius 1 is 1.10 bits per heavy atom. The Kier molecular flexibility index (Phi) is 4.80. The third-order valence-electron chi connectivity index (χ3n) is 2.75. The van der Waals surface area contributed by atoms with Crippen LogP contribution in [0.4, 0.5) is 5.69 Å². The molecular formula is C14H15BrN2O2S. The molecule has 0 aliphatic rings. The van der Waals surface area contributed by atoms with Gasteiger partial charge in [-0.05, 0) is 29.3 Å². The minimum Gasteiger partial charge on any atom is -0.399 e. The van der Waals surface area contributed by atoms with E-state index in [9.17, 15) is 8.42 Å². The van der Waals surface area contributed by atoms with Gasteiger partial charge in [0.05, 0.1) is 5.75 Å². The van der Waals surface area contributed by atoms with E-state index in [2.05, 4.69) is 20.7 Å². The molecular weight excluding hydrogens is 340 g/mol. The Labute approximate surface area is 127 Å². The van der Waals surface area contributed by atoms with Gasteiger partial charge < -0.3 is 5.73 Å². The molecule has 0 radical (unpaired) electrons. The highest BCUT2D eigenvalue weighted by molar-refractivity contribution is 9.10. The van der Waals surface area contributed by atoms with Gasteiger partial charge in [0.2, 0.25) is 10.0 Å². The topological polar surface area (TPSA) is 72.2 Å². The van der Waals surface area contributed by atoms with E-state index in [0.717, 1.165) is 10.0 Å². The molecule has 6 heteroatoms. The van der Waals surface area contributed by atoms with Gasteiger partial charge in [-0.25, -0.2) is 13.1 Å². The SMILES string of the molecule is Nc1cccc(CS(=O)(=O)NCc2ccccc2Br)c1. The molecule has 0 saturated carbocycles. The fourth-order valence-corrected chi connectivity index (χ4v) is 3.30. The zero-order valence-electron chi connectivity index (χ0n) is 10.7. The maximum Gasteiger partial charge on any atom is 0.216 e. The Balaban J connectivity index is 2.03. The van der Waals surface area contributed by atoms with Crippen LogP contribution in [0.2, 0.25) is 0 Å². The molecule has 0 aromatic heterocycles. The Bertz CT molecular complexity index is 702. The molecule has 0 saturated heterocycles. The van der Waals surface area contributed by atoms with Crippen molar-refractivity contribution in [2.24, 2.45) is 0 Å². The maximum atomic E-state index is 12.0. The predicted octanol–water partition coefficient (Wildman–Crippen LogP) is 2.65. The smallest absolute Gasteiger partial charge is 0.216 e. The summed E-state index contributed by atoms with van der Waals surface area (Å²) in [6, 6.07) is 14.4. The standard InChI is InChI=1S/C14H15BrN2O2S/c15-14-7-2-1-5-12(14)9-17-20(18,19)10-11-4-3-6-13(16)8-11/h1-8,17H,9-10,16H2. The molecule has 2 rings (SSSR count). The molecule has 0 unspecified atom stereocenters. The predicted molar refractivity (Wildman–Crippen MR) is 84.5 cm³/mol. The van der Waals surface area contributed by atoms with Crippen molar-refractivity contribution in [3.05, 3.63) is 64.1 Å². The molecule has 0 heterocycles. The van der Waals surface area contributed by atoms with E-state index in [0.29, 0.717) is 11.3 Å². The summed E-state index contributed by atoms with van der Waals surface area (Å²) in [6.45, 7) is 0.256. The van der Waals surface area contributed by atoms with Gasteiger partial charge >= 0.3 is 0 Å². The lowest BCUT2D eigenvalue weighted by Crippen LogP contribution is -2.24. The molecule has 2 aromatic carbocycles. The van der Waals surface area contributed by atoms with Gasteiger partial charge in [0.1, 0.15) is 0 Å². The van der Waals surface area contributed by atoms with E-state index in [1.807, 2.05) is 24.3 Å². The van der Waals surface area contributed by atoms with Crippen molar-refractivity contribution in [3.63, 3.8) is 0 Å². The second-order valence-electron chi connectivity index (χ2n) is 4.42. The first kappa shape index (κ1) is 15.0. The fraction of sp³-hybridized carbons (Fsp3) is 0.143. The number of hydrogen-bond acceptors (Lipinski definition) is 3. The molecule has 20 heavy (non-hydrogen) atoms. The summed E-state index contributed by atoms with van der Waals surface area (Å²) < 4.78 is 27.5. The van der Waals surface area contributed by atoms with Crippen LogP contribution in [-0.4, -0.2) is 8.42 Å². The van der Waals surface area contributed by atoms with Crippen LogP contribution in [0.25, 0.3) is 0 Å². The molecule has 0 bridgehead atoms. The molecule has 0 aliphatic carbocycles. The Morgan fingerprint density at radius 2 is 1.85 bits per heavy atom. The average Bonchev–Trinajstić information content (AvgIpc) is 2.37. The van der Waals surface area contributed by atoms with Gasteiger partial charge in [-0.3, -0.25) is 0 Å². The number of nitrogens with one attached hydrogen (secondary N) is 1. The molecule has 0 fully saturated rings. The van der Waals surface area contributed by atoms with Crippen molar-refractivity contribution in [2.45, 2.75) is 12.3 Å². The van der Waals surface area contributed by atoms with Crippen LogP contribution in [0.1, 0.15) is 11.1 Å². The minimum atomic E-state index is -3.39. The van der Waals surface area contributed by atoms with E-state index >= 15 is 0 Å². The number of sulfonamides is 1. The Morgan fingerprint density at radius 3 is 2.55 bits per heavy atom. The number of rotatable bonds is 5. The van der Waals surface area contributed by atoms with Crippen molar-refractivity contribution in [1.29, 1.82) is 0 Å². The van der Waals surface area contributed by atoms with Gasteiger partial charge in [0.15, 0.2) is 0 Å². The summed E-state index contributed by atoms with van der Waals surface area (Å²) >= 11 is 3.39. The van der Waals surface area contributed by atoms with E-state index in [4.69, 9.17) is 5.73 Å². The van der Waals surface area contributed by atoms with Crippen LogP contribution in [0.15, 0.2) is 53.0 Å². The quantitative estimate of drug-likeness (QED) is 0.810. The zero-order valence-corrected chi connectivity index (χ0v) is 13.1. The number of nitrogen functional groups attached to an aromatic ring is 1. The summed E-state index contributed by atoms with van der Waals surface area (Å²) in [5, 5.41) is 0. The largest absolute Gasteiger partial charge is 0.399 e. The average molecular weight is 355 g/mol. The number of anilines is 1. The van der Waals surface area contributed by atoms with Gasteiger partial charge in [0.25, 0.3) is 0 Å². The summed E-state index contributed by atoms with van der Waals surface area (Å²) in [5.41, 5.74) is 7.76. The summed E-state index contributed by atoms with van der Waals surface area (Å²) in [6.07, 6.45) is 0. The third-order valence-corrected chi connectivity index (χ3v) is 4.82. The van der Waals surface area contributed by atoms with Gasteiger partial charge in [-0.1, -0.05) is 46.3 Å². The van der Waals surface area contributed by atoms with E-state index in [-0.39, 0.29) is 12.3 Å². The molecule has 0 spiro atoms. The van der Waals surface area contributed by atoms with Gasteiger partial charge in [0, 0.05) is 16.7 Å². The third kappa shape index (κ3) is 4.33. The molecule has 0 atom stereocenters. The number of benzene rings is 2. The van der Waals surface area contributed by atoms with Crippen LogP contribution in [0.5, 0.6) is 0 Å². The van der Waals surface area contributed by atoms with Crippen LogP contribution in [0, 0.1) is 0 Å². The van der Waals surface area contributed by atoms with Crippen LogP contribution >= 0.6 is 15.9 Å². The van der Waals surface area contributed by atoms with Crippen LogP contribution in [-0.2, 0) is 22.3 Å². The highest BCUT2D eigenvalue weighted by Gasteiger charge is 2.12. The lowest BCUT2D eigenvalue weighted by atomic mass is 10.2. The maximum absolute atomic E-state index is 12.0. The minimum absolute atomic E-state index is 0.0809. The zero-order chi connectivity index (χ0) is 14.6. The summed E-state index contributed by atoms with van der Waals surface area (Å²) in [4.78, 5) is 0. The second kappa shape index (κ2) is 6.39. The van der Waals surface area contributed by atoms with Gasteiger partial charge in [-0.15, -0.1) is 0 Å². The van der Waals surface area contributed by atoms with E-state index in [1.54, 1.807) is 24.3 Å². The first-order chi connectivity index (χ1) is 9.46. The van der Waals surface area contributed by atoms with Crippen LogP contribution in [0.3, 0.4) is 0 Å². The molecule has 2 aromatic rings. The fourth-order valence-electron chi connectivity index (χ4n) is 1.78. The Hall–Kier alpha value is -1.37. The van der Waals surface area contributed by atoms with Crippen molar-refractivity contribution in [3.8, 4) is 0 Å². The number of nitrogens with two attached hydrogens (primary N) is 1. The van der Waals surface area contributed by atoms with E-state index < -0.39 is 10.0 Å². The normalized spacial score (nSPS) is 11.4. The molecule has 4 nitrogen and oxygen atoms in total. The lowest BCUT2D eigenvalue weighted by Gasteiger charge is -2.08. The first-order valence-electron chi connectivity index (χ1n) is 6.01. The van der Waals surface area contributed by atoms with Crippen molar-refractivity contribution >= 4 is 31.6 Å². The lowest BCUT2D eigenvalue weighted by molar-refractivity contribution is 0.580. The van der Waals surface area contributed by atoms with Crippen molar-refractivity contribution in [2.75, 3.05) is 5.73 Å². The van der Waals surface area contributed by atoms with Crippen LogP contribution < -0.4 is 10.5 Å². The molecule has 0 aliphatic heterocycles. The van der Waals surface area contributed by atoms with Crippen molar-refractivity contribution < 1.29 is 8.42 Å². The molecule has 106 valence electrons. The number of halogens is 1. The summed E-state index contributed by atoms with van der Waals surface area (Å²) in [7, 11) is -3.39. The monoisotopic (exact) mass is 354 g/mol.